The predicted octanol–water partition coefficient (Wildman–Crippen LogP) is 3.27. The van der Waals surface area contributed by atoms with Crippen molar-refractivity contribution in [2.24, 2.45) is 5.92 Å². The third kappa shape index (κ3) is 5.72. The van der Waals surface area contributed by atoms with Gasteiger partial charge in [0.15, 0.2) is 5.16 Å². The van der Waals surface area contributed by atoms with Crippen molar-refractivity contribution >= 4 is 23.6 Å². The first-order valence-corrected chi connectivity index (χ1v) is 11.2. The van der Waals surface area contributed by atoms with E-state index < -0.39 is 0 Å². The number of rotatable bonds is 8. The Bertz CT molecular complexity index is 836. The number of carbonyl (C=O) groups excluding carboxylic acids is 1. The Kier molecular flexibility index (Phi) is 7.71. The molecule has 1 aliphatic rings. The van der Waals surface area contributed by atoms with Crippen molar-refractivity contribution < 1.29 is 13.9 Å². The Balaban J connectivity index is 1.68. The van der Waals surface area contributed by atoms with Gasteiger partial charge in [0.1, 0.15) is 5.82 Å². The van der Waals surface area contributed by atoms with Gasteiger partial charge in [-0.3, -0.25) is 9.36 Å². The Morgan fingerprint density at radius 1 is 1.17 bits per heavy atom. The lowest BCUT2D eigenvalue weighted by molar-refractivity contribution is -0.120. The van der Waals surface area contributed by atoms with Crippen LogP contribution >= 0.6 is 11.8 Å². The Morgan fingerprint density at radius 3 is 2.47 bits per heavy atom. The topological polar surface area (TPSA) is 72.3 Å². The number of nitrogens with one attached hydrogen (secondary N) is 1. The fourth-order valence-electron chi connectivity index (χ4n) is 3.27. The molecular weight excluding hydrogens is 405 g/mol. The monoisotopic (exact) mass is 435 g/mol. The number of anilines is 1. The molecule has 3 rings (SSSR count). The van der Waals surface area contributed by atoms with Gasteiger partial charge in [-0.2, -0.15) is 0 Å². The van der Waals surface area contributed by atoms with E-state index in [4.69, 9.17) is 4.74 Å². The van der Waals surface area contributed by atoms with Crippen LogP contribution in [0.4, 0.5) is 10.3 Å². The van der Waals surface area contributed by atoms with Crippen molar-refractivity contribution in [1.29, 1.82) is 0 Å². The molecule has 1 fully saturated rings. The van der Waals surface area contributed by atoms with Crippen LogP contribution in [0.1, 0.15) is 39.3 Å². The normalized spacial score (nSPS) is 16.5. The molecule has 164 valence electrons. The summed E-state index contributed by atoms with van der Waals surface area (Å²) in [4.78, 5) is 14.9. The third-order valence-electron chi connectivity index (χ3n) is 4.92. The molecule has 1 aromatic carbocycles. The van der Waals surface area contributed by atoms with E-state index in [2.05, 4.69) is 38.8 Å². The molecule has 0 radical (unpaired) electrons. The molecule has 0 bridgehead atoms. The van der Waals surface area contributed by atoms with Crippen LogP contribution in [0.5, 0.6) is 0 Å². The Hall–Kier alpha value is -2.13. The Morgan fingerprint density at radius 2 is 1.83 bits per heavy atom. The third-order valence-corrected chi connectivity index (χ3v) is 6.00. The molecule has 0 spiro atoms. The number of aromatic nitrogens is 3. The van der Waals surface area contributed by atoms with Gasteiger partial charge in [-0.1, -0.05) is 37.7 Å². The van der Waals surface area contributed by atoms with Gasteiger partial charge < -0.3 is 15.0 Å². The number of ether oxygens (including phenoxy) is 1. The summed E-state index contributed by atoms with van der Waals surface area (Å²) in [5.74, 6) is 0.871. The second-order valence-corrected chi connectivity index (χ2v) is 9.24. The van der Waals surface area contributed by atoms with Gasteiger partial charge in [0.05, 0.1) is 24.5 Å². The van der Waals surface area contributed by atoms with Gasteiger partial charge >= 0.3 is 0 Å². The number of hydrogen-bond acceptors (Lipinski definition) is 6. The highest BCUT2D eigenvalue weighted by Crippen LogP contribution is 2.27. The lowest BCUT2D eigenvalue weighted by Crippen LogP contribution is -2.38. The first-order chi connectivity index (χ1) is 14.3. The summed E-state index contributed by atoms with van der Waals surface area (Å²) in [7, 11) is 0. The van der Waals surface area contributed by atoms with Crippen molar-refractivity contribution in [3.63, 3.8) is 0 Å². The minimum absolute atomic E-state index is 0.0937. The van der Waals surface area contributed by atoms with Gasteiger partial charge in [0, 0.05) is 19.6 Å². The average molecular weight is 436 g/mol. The number of halogens is 1. The number of nitrogens with zero attached hydrogens (tertiary/aromatic N) is 4. The summed E-state index contributed by atoms with van der Waals surface area (Å²) in [6.45, 7) is 11.8. The molecule has 2 heterocycles. The van der Waals surface area contributed by atoms with Crippen LogP contribution in [0.2, 0.25) is 0 Å². The highest BCUT2D eigenvalue weighted by atomic mass is 32.2. The predicted molar refractivity (Wildman–Crippen MR) is 116 cm³/mol. The fraction of sp³-hybridized carbons (Fsp3) is 0.571. The highest BCUT2D eigenvalue weighted by Gasteiger charge is 2.25. The van der Waals surface area contributed by atoms with E-state index >= 15 is 0 Å². The smallest absolute Gasteiger partial charge is 0.233 e. The van der Waals surface area contributed by atoms with Crippen LogP contribution in [0.25, 0.3) is 0 Å². The molecule has 1 saturated heterocycles. The average Bonchev–Trinajstić information content (AvgIpc) is 3.10. The number of morpholine rings is 1. The van der Waals surface area contributed by atoms with Gasteiger partial charge in [0.25, 0.3) is 0 Å². The lowest BCUT2D eigenvalue weighted by Gasteiger charge is -2.28. The van der Waals surface area contributed by atoms with Crippen LogP contribution in [-0.2, 0) is 16.1 Å². The summed E-state index contributed by atoms with van der Waals surface area (Å²) in [6, 6.07) is 5.96. The standard InChI is InChI=1S/C21H30FN5O2S/c1-14(2)13-27-20(26-9-11-29-12-10-26)24-25-21(27)30-16(4)19(28)23-15(3)17-5-7-18(22)8-6-17/h5-8,14-16H,9-13H2,1-4H3,(H,23,28). The quantitative estimate of drug-likeness (QED) is 0.642. The van der Waals surface area contributed by atoms with E-state index in [1.807, 2.05) is 13.8 Å². The molecule has 2 aromatic rings. The first kappa shape index (κ1) is 22.6. The fourth-order valence-corrected chi connectivity index (χ4v) is 4.13. The molecule has 1 aliphatic heterocycles. The molecule has 2 atom stereocenters. The van der Waals surface area contributed by atoms with E-state index in [9.17, 15) is 9.18 Å². The van der Waals surface area contributed by atoms with Gasteiger partial charge in [0.2, 0.25) is 11.9 Å². The number of benzene rings is 1. The molecule has 1 amide bonds. The van der Waals surface area contributed by atoms with Crippen molar-refractivity contribution in [3.8, 4) is 0 Å². The largest absolute Gasteiger partial charge is 0.378 e. The maximum atomic E-state index is 13.1. The van der Waals surface area contributed by atoms with E-state index in [1.165, 1.54) is 23.9 Å². The zero-order valence-electron chi connectivity index (χ0n) is 18.0. The molecule has 9 heteroatoms. The van der Waals surface area contributed by atoms with Crippen LogP contribution < -0.4 is 10.2 Å². The molecule has 1 N–H and O–H groups in total. The van der Waals surface area contributed by atoms with E-state index in [0.29, 0.717) is 19.1 Å². The number of hydrogen-bond donors (Lipinski definition) is 1. The molecule has 30 heavy (non-hydrogen) atoms. The van der Waals surface area contributed by atoms with Crippen LogP contribution in [0, 0.1) is 11.7 Å². The zero-order chi connectivity index (χ0) is 21.7. The second kappa shape index (κ2) is 10.3. The summed E-state index contributed by atoms with van der Waals surface area (Å²) >= 11 is 1.40. The van der Waals surface area contributed by atoms with E-state index in [0.717, 1.165) is 36.3 Å². The van der Waals surface area contributed by atoms with Crippen LogP contribution in [0.15, 0.2) is 29.4 Å². The lowest BCUT2D eigenvalue weighted by atomic mass is 10.1. The van der Waals surface area contributed by atoms with Crippen LogP contribution in [-0.4, -0.2) is 52.2 Å². The number of amides is 1. The molecular formula is C21H30FN5O2S. The van der Waals surface area contributed by atoms with Crippen molar-refractivity contribution in [1.82, 2.24) is 20.1 Å². The summed E-state index contributed by atoms with van der Waals surface area (Å²) in [5, 5.41) is 12.2. The van der Waals surface area contributed by atoms with Crippen molar-refractivity contribution in [2.75, 3.05) is 31.2 Å². The maximum Gasteiger partial charge on any atom is 0.233 e. The summed E-state index contributed by atoms with van der Waals surface area (Å²) in [6.07, 6.45) is 0. The molecule has 2 unspecified atom stereocenters. The number of carbonyl (C=O) groups is 1. The van der Waals surface area contributed by atoms with Crippen molar-refractivity contribution in [2.45, 2.75) is 50.7 Å². The Labute approximate surface area is 181 Å². The molecule has 1 aromatic heterocycles. The molecule has 0 saturated carbocycles. The van der Waals surface area contributed by atoms with Crippen molar-refractivity contribution in [3.05, 3.63) is 35.6 Å². The summed E-state index contributed by atoms with van der Waals surface area (Å²) in [5.41, 5.74) is 0.861. The number of thioether (sulfide) groups is 1. The van der Waals surface area contributed by atoms with E-state index in [1.54, 1.807) is 12.1 Å². The zero-order valence-corrected chi connectivity index (χ0v) is 18.8. The maximum absolute atomic E-state index is 13.1. The minimum Gasteiger partial charge on any atom is -0.378 e. The highest BCUT2D eigenvalue weighted by molar-refractivity contribution is 8.00. The van der Waals surface area contributed by atoms with Gasteiger partial charge in [-0.05, 0) is 37.5 Å². The second-order valence-electron chi connectivity index (χ2n) is 7.93. The van der Waals surface area contributed by atoms with Gasteiger partial charge in [-0.25, -0.2) is 4.39 Å². The summed E-state index contributed by atoms with van der Waals surface area (Å²) < 4.78 is 20.7. The molecule has 7 nitrogen and oxygen atoms in total. The van der Waals surface area contributed by atoms with Gasteiger partial charge in [-0.15, -0.1) is 10.2 Å². The van der Waals surface area contributed by atoms with E-state index in [-0.39, 0.29) is 23.0 Å². The van der Waals surface area contributed by atoms with Crippen LogP contribution in [0.3, 0.4) is 0 Å². The SMILES string of the molecule is CC(C)Cn1c(SC(C)C(=O)NC(C)c2ccc(F)cc2)nnc1N1CCOCC1. The minimum atomic E-state index is -0.347. The first-order valence-electron chi connectivity index (χ1n) is 10.3. The molecule has 0 aliphatic carbocycles.